The van der Waals surface area contributed by atoms with Crippen molar-refractivity contribution < 1.29 is 92.0 Å². The SMILES string of the molecule is CN[C@@H](CCC(N)=O)C(=O)NCC(=O)N[C@@H](CCCN=C(N)N)C(=O)NCC(=O)N[C@@H](CCC(=O)O)C(=O)NCC(=O)N[C@@H](CCC(=O)O)C(=O)NCC(=O)N[C@@H](CCC(=O)O)C(=O)NCC(=O)N[C@@H](CCC(N)=O)C(N)=O. The highest BCUT2D eigenvalue weighted by molar-refractivity contribution is 5.97. The third-order valence-corrected chi connectivity index (χ3v) is 10.3. The highest BCUT2D eigenvalue weighted by Crippen LogP contribution is 2.04. The quantitative estimate of drug-likeness (QED) is 0.0154. The fraction of sp³-hybridized carbons (Fsp3) is 0.595. The van der Waals surface area contributed by atoms with Gasteiger partial charge in [0, 0.05) is 38.6 Å². The summed E-state index contributed by atoms with van der Waals surface area (Å²) in [6, 6.07) is -8.59. The van der Waals surface area contributed by atoms with E-state index in [2.05, 4.69) is 63.5 Å². The number of aliphatic imine (C=N–C) groups is 1. The van der Waals surface area contributed by atoms with Crippen LogP contribution < -0.4 is 87.2 Å². The minimum absolute atomic E-state index is 0.0134. The molecule has 0 saturated carbocycles. The molecule has 0 aromatic carbocycles. The largest absolute Gasteiger partial charge is 0.481 e. The lowest BCUT2D eigenvalue weighted by Gasteiger charge is -2.21. The average molecular weight is 1120 g/mol. The summed E-state index contributed by atoms with van der Waals surface area (Å²) in [6.07, 6.45) is -4.48. The van der Waals surface area contributed by atoms with E-state index in [1.807, 2.05) is 0 Å². The topological polar surface area (TPSA) is 609 Å². The number of likely N-dealkylation sites (N-methyl/N-ethyl adjacent to an activating group) is 1. The number of amides is 13. The second kappa shape index (κ2) is 37.5. The molecule has 0 rings (SSSR count). The van der Waals surface area contributed by atoms with Crippen molar-refractivity contribution in [1.29, 1.82) is 0 Å². The van der Waals surface area contributed by atoms with E-state index in [0.29, 0.717) is 0 Å². The first-order chi connectivity index (χ1) is 36.5. The normalized spacial score (nSPS) is 12.8. The van der Waals surface area contributed by atoms with Crippen LogP contribution in [0.2, 0.25) is 0 Å². The van der Waals surface area contributed by atoms with Crippen LogP contribution in [0.5, 0.6) is 0 Å². The Bertz CT molecular complexity index is 2230. The predicted octanol–water partition coefficient (Wildman–Crippen LogP) is -10.8. The van der Waals surface area contributed by atoms with Gasteiger partial charge in [0.15, 0.2) is 5.96 Å². The van der Waals surface area contributed by atoms with Crippen molar-refractivity contribution in [3.8, 4) is 0 Å². The Kier molecular flexibility index (Phi) is 33.0. The molecule has 24 N–H and O–H groups in total. The van der Waals surface area contributed by atoms with Gasteiger partial charge in [0.25, 0.3) is 0 Å². The number of hydrogen-bond donors (Lipinski definition) is 19. The van der Waals surface area contributed by atoms with Gasteiger partial charge in [-0.3, -0.25) is 81.7 Å². The minimum atomic E-state index is -1.70. The summed E-state index contributed by atoms with van der Waals surface area (Å²) < 4.78 is 0. The number of carbonyl (C=O) groups excluding carboxylic acids is 13. The van der Waals surface area contributed by atoms with Crippen molar-refractivity contribution in [2.24, 2.45) is 33.7 Å². The van der Waals surface area contributed by atoms with E-state index in [1.165, 1.54) is 7.05 Å². The average Bonchev–Trinajstić information content (AvgIpc) is 3.35. The number of guanidine groups is 1. The summed E-state index contributed by atoms with van der Waals surface area (Å²) in [7, 11) is 1.44. The number of carboxylic acids is 3. The first-order valence-electron chi connectivity index (χ1n) is 23.6. The summed E-state index contributed by atoms with van der Waals surface area (Å²) in [4.78, 5) is 200. The number of aliphatic carboxylic acids is 3. The molecule has 0 unspecified atom stereocenters. The number of hydrogen-bond acceptors (Lipinski definition) is 18. The summed E-state index contributed by atoms with van der Waals surface area (Å²) in [5.74, 6) is -17.1. The van der Waals surface area contributed by atoms with E-state index in [9.17, 15) is 86.9 Å². The molecular weight excluding hydrogens is 1050 g/mol. The van der Waals surface area contributed by atoms with Crippen LogP contribution in [0.1, 0.15) is 77.0 Å². The van der Waals surface area contributed by atoms with Gasteiger partial charge >= 0.3 is 17.9 Å². The lowest BCUT2D eigenvalue weighted by Crippen LogP contribution is -2.55. The van der Waals surface area contributed by atoms with Crippen LogP contribution in [-0.2, 0) is 76.7 Å². The Labute approximate surface area is 443 Å². The maximum atomic E-state index is 13.2. The van der Waals surface area contributed by atoms with Crippen LogP contribution in [-0.4, -0.2) is 199 Å². The molecule has 0 aromatic heterocycles. The van der Waals surface area contributed by atoms with Gasteiger partial charge in [-0.1, -0.05) is 0 Å². The number of nitrogens with zero attached hydrogens (tertiary/aromatic N) is 1. The molecule has 13 amide bonds. The second-order valence-corrected chi connectivity index (χ2v) is 16.7. The zero-order chi connectivity index (χ0) is 59.5. The van der Waals surface area contributed by atoms with E-state index < -0.39 is 202 Å². The third-order valence-electron chi connectivity index (χ3n) is 10.3. The van der Waals surface area contributed by atoms with Crippen LogP contribution in [0, 0.1) is 0 Å². The fourth-order valence-electron chi connectivity index (χ4n) is 6.33. The number of carboxylic acid groups (broad SMARTS) is 3. The molecule has 0 spiro atoms. The van der Waals surface area contributed by atoms with Gasteiger partial charge in [-0.2, -0.15) is 0 Å². The maximum Gasteiger partial charge on any atom is 0.303 e. The summed E-state index contributed by atoms with van der Waals surface area (Å²) in [6.45, 7) is -4.20. The molecule has 0 fully saturated rings. The highest BCUT2D eigenvalue weighted by atomic mass is 16.4. The standard InChI is InChI=1S/C42H69N17O19/c1-48-21(5-10-27(44)61)37(74)50-16-29(63)56-22(3-2-14-49-42(46)47)38(75)51-17-30(64)57-24(7-12-34(69)70)40(77)53-19-32(66)59-25(8-13-35(71)72)41(78)54-18-31(65)58-23(6-11-33(67)68)39(76)52-15-28(62)55-20(36(45)73)4-9-26(43)60/h20-25,48H,2-19H2,1H3,(H2,43,60)(H2,44,61)(H2,45,73)(H,50,74)(H,51,75)(H,52,76)(H,53,77)(H,54,78)(H,55,62)(H,56,63)(H,57,64)(H,58,65)(H,59,66)(H,67,68)(H,69,70)(H,71,72)(H4,46,47,49)/t20-,21-,22-,23-,24-,25-/m0/s1. The molecule has 0 aliphatic heterocycles. The molecule has 436 valence electrons. The van der Waals surface area contributed by atoms with Crippen LogP contribution in [0.15, 0.2) is 4.99 Å². The van der Waals surface area contributed by atoms with Gasteiger partial charge in [-0.25, -0.2) is 0 Å². The number of nitrogens with two attached hydrogens (primary N) is 5. The Morgan fingerprint density at radius 2 is 0.628 bits per heavy atom. The van der Waals surface area contributed by atoms with Gasteiger partial charge in [-0.15, -0.1) is 0 Å². The minimum Gasteiger partial charge on any atom is -0.481 e. The molecule has 6 atom stereocenters. The first-order valence-corrected chi connectivity index (χ1v) is 23.6. The maximum absolute atomic E-state index is 13.2. The van der Waals surface area contributed by atoms with Crippen molar-refractivity contribution in [2.75, 3.05) is 46.3 Å². The molecule has 0 aliphatic carbocycles. The van der Waals surface area contributed by atoms with Crippen molar-refractivity contribution in [2.45, 2.75) is 113 Å². The van der Waals surface area contributed by atoms with Crippen molar-refractivity contribution >= 4 is 101 Å². The predicted molar refractivity (Wildman–Crippen MR) is 264 cm³/mol. The summed E-state index contributed by atoms with van der Waals surface area (Å²) in [5.41, 5.74) is 26.0. The number of primary amides is 3. The van der Waals surface area contributed by atoms with Crippen LogP contribution in [0.3, 0.4) is 0 Å². The first kappa shape index (κ1) is 68.8. The fourth-order valence-corrected chi connectivity index (χ4v) is 6.33. The van der Waals surface area contributed by atoms with Gasteiger partial charge < -0.3 is 102 Å². The molecule has 78 heavy (non-hydrogen) atoms. The monoisotopic (exact) mass is 1120 g/mol. The number of nitrogens with one attached hydrogen (secondary N) is 11. The highest BCUT2D eigenvalue weighted by Gasteiger charge is 2.29. The molecule has 0 radical (unpaired) electrons. The van der Waals surface area contributed by atoms with E-state index >= 15 is 0 Å². The van der Waals surface area contributed by atoms with Crippen LogP contribution in [0.25, 0.3) is 0 Å². The van der Waals surface area contributed by atoms with E-state index in [4.69, 9.17) is 33.8 Å². The van der Waals surface area contributed by atoms with Gasteiger partial charge in [-0.05, 0) is 52.0 Å². The Balaban J connectivity index is 5.77. The van der Waals surface area contributed by atoms with E-state index in [1.54, 1.807) is 0 Å². The van der Waals surface area contributed by atoms with Gasteiger partial charge in [0.05, 0.1) is 38.8 Å². The van der Waals surface area contributed by atoms with Crippen LogP contribution in [0.4, 0.5) is 0 Å². The molecule has 36 nitrogen and oxygen atoms in total. The van der Waals surface area contributed by atoms with E-state index in [-0.39, 0.29) is 51.0 Å². The number of rotatable bonds is 41. The summed E-state index contributed by atoms with van der Waals surface area (Å²) in [5, 5.41) is 52.3. The molecular formula is C42H69N17O19. The van der Waals surface area contributed by atoms with Gasteiger partial charge in [0.2, 0.25) is 76.8 Å². The van der Waals surface area contributed by atoms with Gasteiger partial charge in [0.1, 0.15) is 30.2 Å². The van der Waals surface area contributed by atoms with Crippen molar-refractivity contribution in [1.82, 2.24) is 58.5 Å². The van der Waals surface area contributed by atoms with Crippen LogP contribution >= 0.6 is 0 Å². The lowest BCUT2D eigenvalue weighted by molar-refractivity contribution is -0.139. The Hall–Kier alpha value is -9.25. The Morgan fingerprint density at radius 3 is 0.885 bits per heavy atom. The zero-order valence-electron chi connectivity index (χ0n) is 42.4. The zero-order valence-corrected chi connectivity index (χ0v) is 42.4. The lowest BCUT2D eigenvalue weighted by atomic mass is 10.1. The van der Waals surface area contributed by atoms with Crippen molar-refractivity contribution in [3.05, 3.63) is 0 Å². The third kappa shape index (κ3) is 32.8. The molecule has 36 heteroatoms. The molecule has 0 bridgehead atoms. The smallest absolute Gasteiger partial charge is 0.303 e. The molecule has 0 aromatic rings. The Morgan fingerprint density at radius 1 is 0.372 bits per heavy atom. The number of carbonyl (C=O) groups is 16. The van der Waals surface area contributed by atoms with E-state index in [0.717, 1.165) is 0 Å². The summed E-state index contributed by atoms with van der Waals surface area (Å²) >= 11 is 0. The molecule has 0 saturated heterocycles. The van der Waals surface area contributed by atoms with Crippen molar-refractivity contribution in [3.63, 3.8) is 0 Å². The second-order valence-electron chi connectivity index (χ2n) is 16.7. The molecule has 0 heterocycles. The molecule has 0 aliphatic rings.